The Hall–Kier alpha value is -3.22. The molecule has 0 aliphatic rings. The lowest BCUT2D eigenvalue weighted by Gasteiger charge is -2.10. The monoisotopic (exact) mass is 370 g/mol. The first-order chi connectivity index (χ1) is 12.8. The molecule has 0 atom stereocenters. The zero-order chi connectivity index (χ0) is 19.7. The van der Waals surface area contributed by atoms with E-state index in [9.17, 15) is 14.0 Å². The first-order valence-electron chi connectivity index (χ1n) is 8.37. The molecular formula is C20H19FN2O4. The van der Waals surface area contributed by atoms with Crippen molar-refractivity contribution in [3.05, 3.63) is 70.1 Å². The Labute approximate surface area is 155 Å². The number of halogens is 1. The third-order valence-corrected chi connectivity index (χ3v) is 4.39. The largest absolute Gasteiger partial charge is 0.454 e. The summed E-state index contributed by atoms with van der Waals surface area (Å²) in [4.78, 5) is 24.7. The van der Waals surface area contributed by atoms with E-state index >= 15 is 0 Å². The molecule has 0 radical (unpaired) electrons. The fourth-order valence-corrected chi connectivity index (χ4v) is 3.09. The summed E-state index contributed by atoms with van der Waals surface area (Å²) in [6.45, 7) is 6.49. The maximum absolute atomic E-state index is 13.2. The fraction of sp³-hybridized carbons (Fsp3) is 0.250. The molecule has 0 fully saturated rings. The van der Waals surface area contributed by atoms with Crippen molar-refractivity contribution in [3.63, 3.8) is 0 Å². The van der Waals surface area contributed by atoms with Crippen molar-refractivity contribution < 1.29 is 23.2 Å². The Balaban J connectivity index is 1.79. The molecule has 0 saturated heterocycles. The van der Waals surface area contributed by atoms with Crippen molar-refractivity contribution in [1.82, 2.24) is 9.72 Å². The Morgan fingerprint density at radius 2 is 1.81 bits per heavy atom. The lowest BCUT2D eigenvalue weighted by atomic mass is 10.1. The van der Waals surface area contributed by atoms with Crippen LogP contribution in [0.1, 0.15) is 43.6 Å². The van der Waals surface area contributed by atoms with E-state index in [0.717, 1.165) is 11.4 Å². The standard InChI is InChI=1S/C20H19FN2O4/c1-11-9-17(13(3)23(11)16-7-5-15(21)6-8-16)18(24)10-26-20(25)19-12(2)22-27-14(19)4/h5-9H,10H2,1-4H3. The Bertz CT molecular complexity index is 996. The highest BCUT2D eigenvalue weighted by Crippen LogP contribution is 2.22. The minimum absolute atomic E-state index is 0.236. The van der Waals surface area contributed by atoms with Crippen LogP contribution in [0.3, 0.4) is 0 Å². The summed E-state index contributed by atoms with van der Waals surface area (Å²) in [5.41, 5.74) is 3.36. The summed E-state index contributed by atoms with van der Waals surface area (Å²) in [6, 6.07) is 7.73. The van der Waals surface area contributed by atoms with Gasteiger partial charge in [0.25, 0.3) is 0 Å². The first kappa shape index (κ1) is 18.6. The van der Waals surface area contributed by atoms with Gasteiger partial charge in [0.1, 0.15) is 17.1 Å². The zero-order valence-electron chi connectivity index (χ0n) is 15.5. The van der Waals surface area contributed by atoms with Gasteiger partial charge in [-0.25, -0.2) is 9.18 Å². The molecule has 27 heavy (non-hydrogen) atoms. The van der Waals surface area contributed by atoms with Crippen molar-refractivity contribution >= 4 is 11.8 Å². The Kier molecular flexibility index (Phi) is 4.94. The van der Waals surface area contributed by atoms with Crippen LogP contribution in [0.5, 0.6) is 0 Å². The molecule has 7 heteroatoms. The maximum atomic E-state index is 13.2. The Morgan fingerprint density at radius 3 is 2.41 bits per heavy atom. The van der Waals surface area contributed by atoms with Gasteiger partial charge in [-0.1, -0.05) is 5.16 Å². The zero-order valence-corrected chi connectivity index (χ0v) is 15.5. The number of aromatic nitrogens is 2. The molecule has 0 N–H and O–H groups in total. The summed E-state index contributed by atoms with van der Waals surface area (Å²) in [5.74, 6) is -0.952. The Morgan fingerprint density at radius 1 is 1.15 bits per heavy atom. The maximum Gasteiger partial charge on any atom is 0.344 e. The molecule has 0 saturated carbocycles. The lowest BCUT2D eigenvalue weighted by Crippen LogP contribution is -2.16. The molecule has 3 aromatic rings. The van der Waals surface area contributed by atoms with Gasteiger partial charge in [0.15, 0.2) is 6.61 Å². The topological polar surface area (TPSA) is 74.3 Å². The van der Waals surface area contributed by atoms with E-state index in [4.69, 9.17) is 9.26 Å². The van der Waals surface area contributed by atoms with Gasteiger partial charge >= 0.3 is 5.97 Å². The number of esters is 1. The van der Waals surface area contributed by atoms with Crippen molar-refractivity contribution in [2.45, 2.75) is 27.7 Å². The highest BCUT2D eigenvalue weighted by Gasteiger charge is 2.22. The molecule has 0 aliphatic carbocycles. The van der Waals surface area contributed by atoms with Crippen LogP contribution in [0.25, 0.3) is 5.69 Å². The van der Waals surface area contributed by atoms with Gasteiger partial charge in [-0.2, -0.15) is 0 Å². The number of aryl methyl sites for hydroxylation is 3. The number of rotatable bonds is 5. The number of carbonyl (C=O) groups is 2. The quantitative estimate of drug-likeness (QED) is 0.503. The fourth-order valence-electron chi connectivity index (χ4n) is 3.09. The van der Waals surface area contributed by atoms with Gasteiger partial charge in [0.05, 0.1) is 5.69 Å². The van der Waals surface area contributed by atoms with Crippen LogP contribution < -0.4 is 0 Å². The first-order valence-corrected chi connectivity index (χ1v) is 8.37. The van der Waals surface area contributed by atoms with Crippen LogP contribution in [-0.4, -0.2) is 28.1 Å². The van der Waals surface area contributed by atoms with E-state index in [1.54, 1.807) is 39.0 Å². The van der Waals surface area contributed by atoms with E-state index < -0.39 is 12.6 Å². The molecule has 6 nitrogen and oxygen atoms in total. The average Bonchev–Trinajstić information content (AvgIpc) is 3.12. The van der Waals surface area contributed by atoms with Crippen LogP contribution in [0.15, 0.2) is 34.9 Å². The minimum Gasteiger partial charge on any atom is -0.454 e. The molecule has 0 aliphatic heterocycles. The number of carbonyl (C=O) groups excluding carboxylic acids is 2. The molecule has 0 amide bonds. The number of hydrogen-bond donors (Lipinski definition) is 0. The van der Waals surface area contributed by atoms with Crippen LogP contribution in [0.4, 0.5) is 4.39 Å². The number of hydrogen-bond acceptors (Lipinski definition) is 5. The molecular weight excluding hydrogens is 351 g/mol. The SMILES string of the molecule is Cc1noc(C)c1C(=O)OCC(=O)c1cc(C)n(-c2ccc(F)cc2)c1C. The predicted molar refractivity (Wildman–Crippen MR) is 95.8 cm³/mol. The summed E-state index contributed by atoms with van der Waals surface area (Å²) < 4.78 is 25.1. The van der Waals surface area contributed by atoms with Gasteiger partial charge < -0.3 is 13.8 Å². The minimum atomic E-state index is -0.646. The smallest absolute Gasteiger partial charge is 0.344 e. The number of ether oxygens (including phenoxy) is 1. The highest BCUT2D eigenvalue weighted by atomic mass is 19.1. The number of Topliss-reactive ketones (excluding diaryl/α,β-unsaturated/α-hetero) is 1. The van der Waals surface area contributed by atoms with E-state index in [0.29, 0.717) is 22.7 Å². The summed E-state index contributed by atoms with van der Waals surface area (Å²) in [5, 5.41) is 3.70. The normalized spacial score (nSPS) is 10.9. The lowest BCUT2D eigenvalue weighted by molar-refractivity contribution is 0.0472. The van der Waals surface area contributed by atoms with Crippen molar-refractivity contribution in [1.29, 1.82) is 0 Å². The molecule has 3 rings (SSSR count). The number of ketones is 1. The number of benzene rings is 1. The summed E-state index contributed by atoms with van der Waals surface area (Å²) >= 11 is 0. The van der Waals surface area contributed by atoms with Gasteiger partial charge in [0.2, 0.25) is 5.78 Å². The van der Waals surface area contributed by atoms with E-state index in [-0.39, 0.29) is 17.2 Å². The van der Waals surface area contributed by atoms with Crippen LogP contribution in [0, 0.1) is 33.5 Å². The number of nitrogens with zero attached hydrogens (tertiary/aromatic N) is 2. The third-order valence-electron chi connectivity index (χ3n) is 4.39. The van der Waals surface area contributed by atoms with Crippen molar-refractivity contribution in [2.75, 3.05) is 6.61 Å². The van der Waals surface area contributed by atoms with Crippen LogP contribution in [-0.2, 0) is 4.74 Å². The van der Waals surface area contributed by atoms with Crippen molar-refractivity contribution in [2.24, 2.45) is 0 Å². The van der Waals surface area contributed by atoms with E-state index in [1.807, 2.05) is 11.5 Å². The van der Waals surface area contributed by atoms with Gasteiger partial charge in [-0.15, -0.1) is 0 Å². The second kappa shape index (κ2) is 7.19. The third kappa shape index (κ3) is 3.53. The van der Waals surface area contributed by atoms with Gasteiger partial charge in [-0.3, -0.25) is 4.79 Å². The molecule has 2 aromatic heterocycles. The summed E-state index contributed by atoms with van der Waals surface area (Å²) in [7, 11) is 0. The van der Waals surface area contributed by atoms with E-state index in [1.165, 1.54) is 12.1 Å². The molecule has 140 valence electrons. The van der Waals surface area contributed by atoms with Crippen molar-refractivity contribution in [3.8, 4) is 5.69 Å². The molecule has 0 spiro atoms. The van der Waals surface area contributed by atoms with Gasteiger partial charge in [0, 0.05) is 22.6 Å². The second-order valence-corrected chi connectivity index (χ2v) is 6.30. The molecule has 2 heterocycles. The highest BCUT2D eigenvalue weighted by molar-refractivity contribution is 6.00. The molecule has 1 aromatic carbocycles. The molecule has 0 unspecified atom stereocenters. The molecule has 0 bridgehead atoms. The average molecular weight is 370 g/mol. The summed E-state index contributed by atoms with van der Waals surface area (Å²) in [6.07, 6.45) is 0. The predicted octanol–water partition coefficient (Wildman–Crippen LogP) is 3.88. The van der Waals surface area contributed by atoms with Crippen LogP contribution in [0.2, 0.25) is 0 Å². The van der Waals surface area contributed by atoms with Crippen LogP contribution >= 0.6 is 0 Å². The van der Waals surface area contributed by atoms with E-state index in [2.05, 4.69) is 5.16 Å². The van der Waals surface area contributed by atoms with Gasteiger partial charge in [-0.05, 0) is 58.0 Å². The second-order valence-electron chi connectivity index (χ2n) is 6.30.